The van der Waals surface area contributed by atoms with Crippen molar-refractivity contribution in [3.05, 3.63) is 89.0 Å². The van der Waals surface area contributed by atoms with Crippen LogP contribution in [-0.4, -0.2) is 24.1 Å². The van der Waals surface area contributed by atoms with Crippen molar-refractivity contribution in [2.75, 3.05) is 12.4 Å². The van der Waals surface area contributed by atoms with Gasteiger partial charge in [-0.3, -0.25) is 4.79 Å². The minimum atomic E-state index is -0.997. The van der Waals surface area contributed by atoms with E-state index in [1.165, 1.54) is 6.07 Å². The lowest BCUT2D eigenvalue weighted by molar-refractivity contribution is 0.0693. The van der Waals surface area contributed by atoms with E-state index in [9.17, 15) is 14.7 Å². The van der Waals surface area contributed by atoms with Crippen LogP contribution >= 0.6 is 0 Å². The molecule has 0 aliphatic carbocycles. The molecular formula is C23H21NO5. The van der Waals surface area contributed by atoms with Gasteiger partial charge in [0.2, 0.25) is 0 Å². The summed E-state index contributed by atoms with van der Waals surface area (Å²) in [6.45, 7) is 2.05. The van der Waals surface area contributed by atoms with E-state index in [1.807, 2.05) is 19.1 Å². The molecule has 0 radical (unpaired) electrons. The van der Waals surface area contributed by atoms with Crippen LogP contribution in [0.2, 0.25) is 0 Å². The Balaban J connectivity index is 1.67. The molecule has 0 spiro atoms. The van der Waals surface area contributed by atoms with Crippen LogP contribution in [0.15, 0.2) is 66.7 Å². The van der Waals surface area contributed by atoms with Gasteiger partial charge in [0, 0.05) is 11.1 Å². The highest BCUT2D eigenvalue weighted by Crippen LogP contribution is 2.26. The van der Waals surface area contributed by atoms with E-state index in [2.05, 4.69) is 5.32 Å². The van der Waals surface area contributed by atoms with Gasteiger partial charge in [0.15, 0.2) is 0 Å². The third kappa shape index (κ3) is 4.93. The molecular weight excluding hydrogens is 370 g/mol. The second kappa shape index (κ2) is 8.93. The summed E-state index contributed by atoms with van der Waals surface area (Å²) in [6.07, 6.45) is 0. The summed E-state index contributed by atoms with van der Waals surface area (Å²) in [4.78, 5) is 23.8. The van der Waals surface area contributed by atoms with Crippen LogP contribution in [-0.2, 0) is 6.61 Å². The number of carbonyl (C=O) groups is 2. The quantitative estimate of drug-likeness (QED) is 0.618. The second-order valence-corrected chi connectivity index (χ2v) is 6.43. The number of hydrogen-bond donors (Lipinski definition) is 2. The zero-order chi connectivity index (χ0) is 20.8. The van der Waals surface area contributed by atoms with Gasteiger partial charge < -0.3 is 19.9 Å². The number of carboxylic acids is 1. The van der Waals surface area contributed by atoms with Crippen molar-refractivity contribution in [2.45, 2.75) is 13.5 Å². The predicted octanol–water partition coefficient (Wildman–Crippen LogP) is 4.53. The van der Waals surface area contributed by atoms with Gasteiger partial charge in [-0.2, -0.15) is 0 Å². The number of methoxy groups -OCH3 is 1. The standard InChI is InChI=1S/C23H21NO5/c1-15-7-12-21(28-2)20(13-15)24-22(25)16-8-10-18(11-9-16)29-14-17-5-3-4-6-19(17)23(26)27/h3-13H,14H2,1-2H3,(H,24,25)(H,26,27). The van der Waals surface area contributed by atoms with Crippen LogP contribution < -0.4 is 14.8 Å². The monoisotopic (exact) mass is 391 g/mol. The van der Waals surface area contributed by atoms with Crippen molar-refractivity contribution in [1.29, 1.82) is 0 Å². The first-order valence-electron chi connectivity index (χ1n) is 8.98. The first kappa shape index (κ1) is 19.9. The lowest BCUT2D eigenvalue weighted by atomic mass is 10.1. The van der Waals surface area contributed by atoms with Gasteiger partial charge in [0.25, 0.3) is 5.91 Å². The maximum atomic E-state index is 12.5. The molecule has 29 heavy (non-hydrogen) atoms. The molecule has 0 aliphatic rings. The molecule has 0 aliphatic heterocycles. The number of nitrogens with one attached hydrogen (secondary N) is 1. The second-order valence-electron chi connectivity index (χ2n) is 6.43. The van der Waals surface area contributed by atoms with Gasteiger partial charge >= 0.3 is 5.97 Å². The van der Waals surface area contributed by atoms with Crippen molar-refractivity contribution >= 4 is 17.6 Å². The Hall–Kier alpha value is -3.80. The average molecular weight is 391 g/mol. The number of benzene rings is 3. The average Bonchev–Trinajstić information content (AvgIpc) is 2.73. The van der Waals surface area contributed by atoms with Gasteiger partial charge in [-0.05, 0) is 55.0 Å². The molecule has 3 aromatic carbocycles. The van der Waals surface area contributed by atoms with E-state index in [0.717, 1.165) is 5.56 Å². The third-order valence-electron chi connectivity index (χ3n) is 4.36. The highest BCUT2D eigenvalue weighted by Gasteiger charge is 2.12. The summed E-state index contributed by atoms with van der Waals surface area (Å²) in [5, 5.41) is 12.1. The fourth-order valence-corrected chi connectivity index (χ4v) is 2.83. The maximum Gasteiger partial charge on any atom is 0.336 e. The summed E-state index contributed by atoms with van der Waals surface area (Å²) in [6, 6.07) is 18.9. The molecule has 1 amide bonds. The first-order valence-corrected chi connectivity index (χ1v) is 8.98. The van der Waals surface area contributed by atoms with Crippen molar-refractivity contribution < 1.29 is 24.2 Å². The van der Waals surface area contributed by atoms with Crippen LogP contribution in [0.5, 0.6) is 11.5 Å². The number of carboxylic acid groups (broad SMARTS) is 1. The first-order chi connectivity index (χ1) is 14.0. The van der Waals surface area contributed by atoms with Crippen LogP contribution in [0.1, 0.15) is 31.8 Å². The molecule has 3 aromatic rings. The smallest absolute Gasteiger partial charge is 0.336 e. The summed E-state index contributed by atoms with van der Waals surface area (Å²) >= 11 is 0. The molecule has 6 heteroatoms. The molecule has 3 rings (SSSR count). The van der Waals surface area contributed by atoms with E-state index in [0.29, 0.717) is 28.3 Å². The Morgan fingerprint density at radius 1 is 1.00 bits per heavy atom. The zero-order valence-electron chi connectivity index (χ0n) is 16.1. The van der Waals surface area contributed by atoms with E-state index in [1.54, 1.807) is 55.6 Å². The molecule has 6 nitrogen and oxygen atoms in total. The Labute approximate surface area is 168 Å². The molecule has 0 fully saturated rings. The topological polar surface area (TPSA) is 84.9 Å². The van der Waals surface area contributed by atoms with E-state index < -0.39 is 5.97 Å². The predicted molar refractivity (Wildman–Crippen MR) is 110 cm³/mol. The minimum absolute atomic E-state index is 0.120. The van der Waals surface area contributed by atoms with Crippen molar-refractivity contribution in [3.63, 3.8) is 0 Å². The highest BCUT2D eigenvalue weighted by molar-refractivity contribution is 6.05. The summed E-state index contributed by atoms with van der Waals surface area (Å²) in [5.74, 6) is -0.143. The van der Waals surface area contributed by atoms with Gasteiger partial charge in [-0.25, -0.2) is 4.79 Å². The number of rotatable bonds is 7. The minimum Gasteiger partial charge on any atom is -0.495 e. The number of carbonyl (C=O) groups excluding carboxylic acids is 1. The SMILES string of the molecule is COc1ccc(C)cc1NC(=O)c1ccc(OCc2ccccc2C(=O)O)cc1. The molecule has 2 N–H and O–H groups in total. The van der Waals surface area contributed by atoms with Crippen LogP contribution in [0.3, 0.4) is 0 Å². The fourth-order valence-electron chi connectivity index (χ4n) is 2.83. The molecule has 0 saturated heterocycles. The molecule has 0 atom stereocenters. The maximum absolute atomic E-state index is 12.5. The van der Waals surface area contributed by atoms with Gasteiger partial charge in [-0.15, -0.1) is 0 Å². The van der Waals surface area contributed by atoms with Crippen molar-refractivity contribution in [3.8, 4) is 11.5 Å². The van der Waals surface area contributed by atoms with Gasteiger partial charge in [-0.1, -0.05) is 24.3 Å². The summed E-state index contributed by atoms with van der Waals surface area (Å²) < 4.78 is 11.0. The van der Waals surface area contributed by atoms with Crippen LogP contribution in [0.25, 0.3) is 0 Å². The molecule has 0 saturated carbocycles. The number of hydrogen-bond acceptors (Lipinski definition) is 4. The lowest BCUT2D eigenvalue weighted by Crippen LogP contribution is -2.12. The number of amides is 1. The molecule has 0 unspecified atom stereocenters. The zero-order valence-corrected chi connectivity index (χ0v) is 16.1. The van der Waals surface area contributed by atoms with E-state index in [4.69, 9.17) is 9.47 Å². The number of aryl methyl sites for hydroxylation is 1. The van der Waals surface area contributed by atoms with Gasteiger partial charge in [0.05, 0.1) is 18.4 Å². The molecule has 0 bridgehead atoms. The molecule has 0 aromatic heterocycles. The van der Waals surface area contributed by atoms with Gasteiger partial charge in [0.1, 0.15) is 18.1 Å². The van der Waals surface area contributed by atoms with E-state index >= 15 is 0 Å². The highest BCUT2D eigenvalue weighted by atomic mass is 16.5. The molecule has 0 heterocycles. The van der Waals surface area contributed by atoms with Crippen LogP contribution in [0.4, 0.5) is 5.69 Å². The number of ether oxygens (including phenoxy) is 2. The number of aromatic carboxylic acids is 1. The Bertz CT molecular complexity index is 1030. The lowest BCUT2D eigenvalue weighted by Gasteiger charge is -2.12. The van der Waals surface area contributed by atoms with Crippen molar-refractivity contribution in [2.24, 2.45) is 0 Å². The molecule has 148 valence electrons. The Morgan fingerprint density at radius 2 is 1.72 bits per heavy atom. The Morgan fingerprint density at radius 3 is 2.41 bits per heavy atom. The Kier molecular flexibility index (Phi) is 6.14. The third-order valence-corrected chi connectivity index (χ3v) is 4.36. The summed E-state index contributed by atoms with van der Waals surface area (Å²) in [7, 11) is 1.55. The van der Waals surface area contributed by atoms with E-state index in [-0.39, 0.29) is 18.1 Å². The summed E-state index contributed by atoms with van der Waals surface area (Å²) in [5.41, 5.74) is 2.85. The normalized spacial score (nSPS) is 10.3. The number of anilines is 1. The fraction of sp³-hybridized carbons (Fsp3) is 0.130. The van der Waals surface area contributed by atoms with Crippen LogP contribution in [0, 0.1) is 6.92 Å². The van der Waals surface area contributed by atoms with Crippen molar-refractivity contribution in [1.82, 2.24) is 0 Å². The largest absolute Gasteiger partial charge is 0.495 e.